The van der Waals surface area contributed by atoms with Gasteiger partial charge in [-0.25, -0.2) is 18.4 Å². The van der Waals surface area contributed by atoms with Crippen LogP contribution in [0.5, 0.6) is 0 Å². The number of anilines is 1. The van der Waals surface area contributed by atoms with Crippen molar-refractivity contribution in [1.29, 1.82) is 0 Å². The number of nitrogen functional groups attached to an aromatic ring is 1. The van der Waals surface area contributed by atoms with E-state index in [2.05, 4.69) is 14.9 Å². The fourth-order valence-corrected chi connectivity index (χ4v) is 4.09. The van der Waals surface area contributed by atoms with Crippen molar-refractivity contribution >= 4 is 16.0 Å². The Morgan fingerprint density at radius 2 is 2.00 bits per heavy atom. The molecule has 0 radical (unpaired) electrons. The molecule has 2 heterocycles. The van der Waals surface area contributed by atoms with E-state index in [4.69, 9.17) is 5.73 Å². The zero-order valence-corrected chi connectivity index (χ0v) is 12.7. The van der Waals surface area contributed by atoms with Crippen LogP contribution < -0.4 is 5.73 Å². The van der Waals surface area contributed by atoms with Crippen LogP contribution >= 0.6 is 0 Å². The molecule has 1 saturated heterocycles. The van der Waals surface area contributed by atoms with Crippen molar-refractivity contribution < 1.29 is 8.42 Å². The number of rotatable bonds is 3. The predicted molar refractivity (Wildman–Crippen MR) is 76.5 cm³/mol. The Morgan fingerprint density at radius 3 is 2.60 bits per heavy atom. The van der Waals surface area contributed by atoms with Gasteiger partial charge in [0, 0.05) is 19.1 Å². The van der Waals surface area contributed by atoms with Crippen LogP contribution in [0, 0.1) is 0 Å². The molecule has 0 aromatic carbocycles. The third kappa shape index (κ3) is 3.08. The number of likely N-dealkylation sites (N-methyl/N-ethyl adjacent to an activating group) is 1. The van der Waals surface area contributed by atoms with E-state index in [9.17, 15) is 8.42 Å². The molecule has 7 nitrogen and oxygen atoms in total. The molecule has 0 saturated carbocycles. The van der Waals surface area contributed by atoms with Crippen LogP contribution in [0.1, 0.15) is 19.8 Å². The molecule has 0 amide bonds. The van der Waals surface area contributed by atoms with Gasteiger partial charge in [-0.2, -0.15) is 4.31 Å². The Balaban J connectivity index is 2.33. The predicted octanol–water partition coefficient (Wildman–Crippen LogP) is 0.164. The highest BCUT2D eigenvalue weighted by Crippen LogP contribution is 2.21. The minimum Gasteiger partial charge on any atom is -0.368 e. The molecule has 1 fully saturated rings. The molecule has 0 spiro atoms. The second kappa shape index (κ2) is 6.02. The van der Waals surface area contributed by atoms with Gasteiger partial charge in [-0.1, -0.05) is 6.92 Å². The first-order valence-electron chi connectivity index (χ1n) is 6.73. The fourth-order valence-electron chi connectivity index (χ4n) is 2.47. The molecule has 2 N–H and O–H groups in total. The van der Waals surface area contributed by atoms with Gasteiger partial charge in [0.05, 0.1) is 12.4 Å². The minimum absolute atomic E-state index is 0.0231. The third-order valence-corrected chi connectivity index (χ3v) is 5.48. The lowest BCUT2D eigenvalue weighted by molar-refractivity contribution is 0.270. The summed E-state index contributed by atoms with van der Waals surface area (Å²) >= 11 is 0. The Morgan fingerprint density at radius 1 is 1.35 bits per heavy atom. The molecule has 1 aliphatic rings. The molecular formula is C12H21N5O2S. The van der Waals surface area contributed by atoms with Crippen LogP contribution in [-0.2, 0) is 10.0 Å². The van der Waals surface area contributed by atoms with Crippen LogP contribution in [0.3, 0.4) is 0 Å². The Labute approximate surface area is 119 Å². The van der Waals surface area contributed by atoms with Crippen LogP contribution in [0.4, 0.5) is 5.95 Å². The molecule has 1 unspecified atom stereocenters. The number of hydrogen-bond donors (Lipinski definition) is 1. The van der Waals surface area contributed by atoms with E-state index in [1.54, 1.807) is 4.31 Å². The SMILES string of the molecule is CCC1CN(C)CCCN1S(=O)(=O)c1cnc(N)nc1. The van der Waals surface area contributed by atoms with E-state index in [0.717, 1.165) is 25.9 Å². The van der Waals surface area contributed by atoms with Crippen molar-refractivity contribution in [1.82, 2.24) is 19.2 Å². The van der Waals surface area contributed by atoms with Crippen molar-refractivity contribution in [2.45, 2.75) is 30.7 Å². The molecule has 112 valence electrons. The Bertz CT molecular complexity index is 545. The average Bonchev–Trinajstić information content (AvgIpc) is 2.61. The highest BCUT2D eigenvalue weighted by atomic mass is 32.2. The largest absolute Gasteiger partial charge is 0.368 e. The lowest BCUT2D eigenvalue weighted by atomic mass is 10.2. The van der Waals surface area contributed by atoms with Crippen LogP contribution in [0.15, 0.2) is 17.3 Å². The van der Waals surface area contributed by atoms with E-state index in [1.807, 2.05) is 14.0 Å². The highest BCUT2D eigenvalue weighted by molar-refractivity contribution is 7.89. The van der Waals surface area contributed by atoms with E-state index in [0.29, 0.717) is 6.54 Å². The standard InChI is InChI=1S/C12H21N5O2S/c1-3-10-9-16(2)5-4-6-17(10)20(18,19)11-7-14-12(13)15-8-11/h7-8,10H,3-6,9H2,1-2H3,(H2,13,14,15). The highest BCUT2D eigenvalue weighted by Gasteiger charge is 2.33. The van der Waals surface area contributed by atoms with Crippen molar-refractivity contribution in [3.8, 4) is 0 Å². The van der Waals surface area contributed by atoms with Gasteiger partial charge in [-0.3, -0.25) is 0 Å². The normalized spacial score (nSPS) is 22.6. The van der Waals surface area contributed by atoms with E-state index in [-0.39, 0.29) is 16.9 Å². The summed E-state index contributed by atoms with van der Waals surface area (Å²) in [4.78, 5) is 9.84. The van der Waals surface area contributed by atoms with Gasteiger partial charge in [-0.15, -0.1) is 0 Å². The van der Waals surface area contributed by atoms with E-state index >= 15 is 0 Å². The second-order valence-corrected chi connectivity index (χ2v) is 6.96. The Kier molecular flexibility index (Phi) is 4.56. The monoisotopic (exact) mass is 299 g/mol. The molecule has 0 bridgehead atoms. The molecule has 1 atom stereocenters. The quantitative estimate of drug-likeness (QED) is 0.855. The van der Waals surface area contributed by atoms with Crippen LogP contribution in [0.2, 0.25) is 0 Å². The van der Waals surface area contributed by atoms with Gasteiger partial charge in [0.1, 0.15) is 4.90 Å². The number of nitrogens with zero attached hydrogens (tertiary/aromatic N) is 4. The Hall–Kier alpha value is -1.25. The fraction of sp³-hybridized carbons (Fsp3) is 0.667. The van der Waals surface area contributed by atoms with E-state index < -0.39 is 10.0 Å². The van der Waals surface area contributed by atoms with Gasteiger partial charge in [-0.05, 0) is 26.4 Å². The first-order chi connectivity index (χ1) is 9.45. The molecule has 1 aromatic heterocycles. The minimum atomic E-state index is -3.56. The van der Waals surface area contributed by atoms with Gasteiger partial charge in [0.15, 0.2) is 0 Å². The molecule has 1 aliphatic heterocycles. The summed E-state index contributed by atoms with van der Waals surface area (Å²) in [5, 5.41) is 0. The average molecular weight is 299 g/mol. The number of sulfonamides is 1. The summed E-state index contributed by atoms with van der Waals surface area (Å²) in [6.07, 6.45) is 4.15. The summed E-state index contributed by atoms with van der Waals surface area (Å²) < 4.78 is 27.0. The topological polar surface area (TPSA) is 92.4 Å². The lowest BCUT2D eigenvalue weighted by Gasteiger charge is -2.29. The summed E-state index contributed by atoms with van der Waals surface area (Å²) in [7, 11) is -1.54. The summed E-state index contributed by atoms with van der Waals surface area (Å²) in [6.45, 7) is 4.17. The first kappa shape index (κ1) is 15.1. The molecule has 0 aliphatic carbocycles. The number of aromatic nitrogens is 2. The molecule has 20 heavy (non-hydrogen) atoms. The maximum Gasteiger partial charge on any atom is 0.246 e. The van der Waals surface area contributed by atoms with Gasteiger partial charge >= 0.3 is 0 Å². The van der Waals surface area contributed by atoms with Gasteiger partial charge < -0.3 is 10.6 Å². The maximum atomic E-state index is 12.7. The van der Waals surface area contributed by atoms with Crippen molar-refractivity contribution in [3.05, 3.63) is 12.4 Å². The molecule has 8 heteroatoms. The maximum absolute atomic E-state index is 12.7. The number of hydrogen-bond acceptors (Lipinski definition) is 6. The molecule has 1 aromatic rings. The van der Waals surface area contributed by atoms with E-state index in [1.165, 1.54) is 12.4 Å². The van der Waals surface area contributed by atoms with Crippen LogP contribution in [0.25, 0.3) is 0 Å². The van der Waals surface area contributed by atoms with Gasteiger partial charge in [0.2, 0.25) is 16.0 Å². The summed E-state index contributed by atoms with van der Waals surface area (Å²) in [5.41, 5.74) is 5.41. The van der Waals surface area contributed by atoms with Crippen molar-refractivity contribution in [2.24, 2.45) is 0 Å². The third-order valence-electron chi connectivity index (χ3n) is 3.57. The van der Waals surface area contributed by atoms with Crippen molar-refractivity contribution in [3.63, 3.8) is 0 Å². The summed E-state index contributed by atoms with van der Waals surface area (Å²) in [6, 6.07) is -0.0231. The first-order valence-corrected chi connectivity index (χ1v) is 8.17. The smallest absolute Gasteiger partial charge is 0.246 e. The summed E-state index contributed by atoms with van der Waals surface area (Å²) in [5.74, 6) is 0.0755. The second-order valence-electron chi connectivity index (χ2n) is 5.07. The molecule has 2 rings (SSSR count). The van der Waals surface area contributed by atoms with Crippen LogP contribution in [-0.4, -0.2) is 60.3 Å². The zero-order valence-electron chi connectivity index (χ0n) is 11.9. The molecular weight excluding hydrogens is 278 g/mol. The number of nitrogens with two attached hydrogens (primary N) is 1. The zero-order chi connectivity index (χ0) is 14.8. The van der Waals surface area contributed by atoms with Gasteiger partial charge in [0.25, 0.3) is 0 Å². The lowest BCUT2D eigenvalue weighted by Crippen LogP contribution is -2.43. The van der Waals surface area contributed by atoms with Crippen molar-refractivity contribution in [2.75, 3.05) is 32.4 Å².